The van der Waals surface area contributed by atoms with Gasteiger partial charge in [0.2, 0.25) is 0 Å². The summed E-state index contributed by atoms with van der Waals surface area (Å²) in [6.45, 7) is 13.5. The Hall–Kier alpha value is 0.310. The highest BCUT2D eigenvalue weighted by Crippen LogP contribution is 2.75. The van der Waals surface area contributed by atoms with Crippen LogP contribution in [0.25, 0.3) is 0 Å². The van der Waals surface area contributed by atoms with Crippen LogP contribution in [0.3, 0.4) is 0 Å². The second-order valence-electron chi connectivity index (χ2n) is 17.0. The van der Waals surface area contributed by atoms with Gasteiger partial charge in [0.25, 0.3) is 0 Å². The molecule has 4 aliphatic carbocycles. The molecule has 0 bridgehead atoms. The van der Waals surface area contributed by atoms with E-state index in [1.165, 1.54) is 51.4 Å². The Balaban J connectivity index is 1.06. The Labute approximate surface area is 318 Å². The van der Waals surface area contributed by atoms with Crippen LogP contribution in [-0.4, -0.2) is 67.5 Å². The fourth-order valence-electron chi connectivity index (χ4n) is 10.7. The molecule has 9 heteroatoms. The number of aliphatic hydroxyl groups excluding tert-OH is 2. The largest absolute Gasteiger partial charge is 0.446 e. The molecule has 276 valence electrons. The standard InChI is InChI=1S/C39H65I2NO6/c1-26(2)11-10-12-27(3)30-16-18-38(40)33-14-13-28-23-29(15-17-36(28,4)39(33,41)20-19-37(30,38)5)47-35(45)42-21-8-6-7-9-22-46-34-24-31(44)32(25-43)48-34/h13,26-27,29-34,43-44H,6-12,14-25H2,1-5H3,(H,42,45)/t27-,29-,30+,31?,32+,33?,34?,36?,37?,38?,39?/m0/s1. The summed E-state index contributed by atoms with van der Waals surface area (Å²) in [4.78, 5) is 12.8. The van der Waals surface area contributed by atoms with Gasteiger partial charge in [-0.25, -0.2) is 4.79 Å². The Bertz CT molecular complexity index is 1120. The molecule has 1 amide bonds. The zero-order valence-electron chi connectivity index (χ0n) is 30.4. The van der Waals surface area contributed by atoms with Crippen molar-refractivity contribution in [2.45, 2.75) is 169 Å². The molecule has 0 aromatic rings. The summed E-state index contributed by atoms with van der Waals surface area (Å²) < 4.78 is 17.8. The number of unbranched alkanes of at least 4 members (excludes halogenated alkanes) is 3. The molecule has 1 heterocycles. The number of carbonyl (C=O) groups is 1. The van der Waals surface area contributed by atoms with Crippen LogP contribution in [-0.2, 0) is 14.2 Å². The van der Waals surface area contributed by atoms with Crippen LogP contribution < -0.4 is 5.32 Å². The van der Waals surface area contributed by atoms with Gasteiger partial charge >= 0.3 is 6.09 Å². The molecule has 1 saturated heterocycles. The fourth-order valence-corrected chi connectivity index (χ4v) is 14.7. The van der Waals surface area contributed by atoms with Gasteiger partial charge in [0.05, 0.1) is 12.7 Å². The molecule has 11 atom stereocenters. The van der Waals surface area contributed by atoms with E-state index in [2.05, 4.69) is 91.2 Å². The molecule has 5 rings (SSSR count). The first kappa shape index (κ1) is 39.5. The first-order valence-corrected chi connectivity index (χ1v) is 21.5. The second kappa shape index (κ2) is 16.5. The summed E-state index contributed by atoms with van der Waals surface area (Å²) >= 11 is 5.93. The number of fused-ring (bicyclic) bond motifs is 5. The average molecular weight is 898 g/mol. The van der Waals surface area contributed by atoms with Gasteiger partial charge < -0.3 is 29.7 Å². The van der Waals surface area contributed by atoms with Gasteiger partial charge in [-0.3, -0.25) is 0 Å². The molecule has 5 aliphatic rings. The molecule has 1 aliphatic heterocycles. The lowest BCUT2D eigenvalue weighted by molar-refractivity contribution is -0.143. The van der Waals surface area contributed by atoms with Crippen LogP contribution in [0.2, 0.25) is 0 Å². The Morgan fingerprint density at radius 2 is 1.79 bits per heavy atom. The van der Waals surface area contributed by atoms with E-state index in [1.807, 2.05) is 0 Å². The highest BCUT2D eigenvalue weighted by atomic mass is 127. The van der Waals surface area contributed by atoms with Gasteiger partial charge in [0, 0.05) is 38.3 Å². The monoisotopic (exact) mass is 897 g/mol. The van der Waals surface area contributed by atoms with Crippen LogP contribution in [0.1, 0.15) is 137 Å². The third-order valence-electron chi connectivity index (χ3n) is 13.8. The molecule has 4 fully saturated rings. The number of aliphatic hydroxyl groups is 2. The van der Waals surface area contributed by atoms with Crippen molar-refractivity contribution < 1.29 is 29.2 Å². The molecular weight excluding hydrogens is 832 g/mol. The van der Waals surface area contributed by atoms with Crippen molar-refractivity contribution >= 4 is 51.3 Å². The number of hydrogen-bond acceptors (Lipinski definition) is 6. The van der Waals surface area contributed by atoms with Crippen molar-refractivity contribution in [2.75, 3.05) is 19.8 Å². The van der Waals surface area contributed by atoms with E-state index in [0.29, 0.717) is 34.3 Å². The predicted octanol–water partition coefficient (Wildman–Crippen LogP) is 9.28. The SMILES string of the molecule is CC(C)CCC[C@H](C)[C@H]1CCC2(I)C3CC=C4C[C@@H](OC(=O)NCCCCCCOC5CC(O)[C@@H](CO)O5)CCC4(C)C3(I)CCC12C. The number of rotatable bonds is 15. The van der Waals surface area contributed by atoms with Crippen molar-refractivity contribution in [3.05, 3.63) is 11.6 Å². The van der Waals surface area contributed by atoms with Crippen molar-refractivity contribution in [1.82, 2.24) is 5.32 Å². The maximum Gasteiger partial charge on any atom is 0.407 e. The van der Waals surface area contributed by atoms with E-state index in [1.54, 1.807) is 5.57 Å². The van der Waals surface area contributed by atoms with Crippen LogP contribution in [0, 0.1) is 34.5 Å². The maximum absolute atomic E-state index is 12.8. The van der Waals surface area contributed by atoms with Gasteiger partial charge in [-0.2, -0.15) is 0 Å². The van der Waals surface area contributed by atoms with Gasteiger partial charge in [0.15, 0.2) is 6.29 Å². The Morgan fingerprint density at radius 1 is 1.02 bits per heavy atom. The average Bonchev–Trinajstić information content (AvgIpc) is 3.54. The summed E-state index contributed by atoms with van der Waals surface area (Å²) in [6.07, 6.45) is 18.5. The summed E-state index contributed by atoms with van der Waals surface area (Å²) in [5.74, 6) is 3.15. The highest BCUT2D eigenvalue weighted by Gasteiger charge is 2.70. The number of nitrogens with one attached hydrogen (secondary N) is 1. The van der Waals surface area contributed by atoms with Crippen molar-refractivity contribution in [3.8, 4) is 0 Å². The first-order valence-electron chi connectivity index (χ1n) is 19.3. The van der Waals surface area contributed by atoms with E-state index >= 15 is 0 Å². The van der Waals surface area contributed by atoms with Crippen LogP contribution in [0.5, 0.6) is 0 Å². The van der Waals surface area contributed by atoms with Crippen LogP contribution in [0.4, 0.5) is 4.79 Å². The summed E-state index contributed by atoms with van der Waals surface area (Å²) in [6, 6.07) is 0. The maximum atomic E-state index is 12.8. The number of amides is 1. The summed E-state index contributed by atoms with van der Waals surface area (Å²) in [5.41, 5.74) is 2.13. The number of halogens is 2. The van der Waals surface area contributed by atoms with Crippen molar-refractivity contribution in [2.24, 2.45) is 34.5 Å². The van der Waals surface area contributed by atoms with E-state index in [4.69, 9.17) is 14.2 Å². The highest BCUT2D eigenvalue weighted by molar-refractivity contribution is 14.1. The summed E-state index contributed by atoms with van der Waals surface area (Å²) in [7, 11) is 0. The number of alkyl halides is 2. The molecule has 3 saturated carbocycles. The van der Waals surface area contributed by atoms with Gasteiger partial charge in [-0.1, -0.05) is 124 Å². The third kappa shape index (κ3) is 7.96. The van der Waals surface area contributed by atoms with Crippen LogP contribution >= 0.6 is 45.2 Å². The molecule has 7 nitrogen and oxygen atoms in total. The zero-order chi connectivity index (χ0) is 34.7. The quantitative estimate of drug-likeness (QED) is 0.0657. The Morgan fingerprint density at radius 3 is 2.52 bits per heavy atom. The first-order chi connectivity index (χ1) is 22.8. The van der Waals surface area contributed by atoms with E-state index in [0.717, 1.165) is 62.7 Å². The van der Waals surface area contributed by atoms with Gasteiger partial charge in [0.1, 0.15) is 12.2 Å². The minimum absolute atomic E-state index is 0.0373. The smallest absolute Gasteiger partial charge is 0.407 e. The molecule has 48 heavy (non-hydrogen) atoms. The third-order valence-corrected chi connectivity index (χ3v) is 18.8. The topological polar surface area (TPSA) is 97.3 Å². The zero-order valence-corrected chi connectivity index (χ0v) is 34.7. The normalized spacial score (nSPS) is 41.3. The Kier molecular flexibility index (Phi) is 13.6. The molecule has 3 N–H and O–H groups in total. The molecule has 0 spiro atoms. The number of hydrogen-bond donors (Lipinski definition) is 3. The molecule has 0 aromatic heterocycles. The van der Waals surface area contributed by atoms with Gasteiger partial charge in [-0.15, -0.1) is 0 Å². The molecule has 0 radical (unpaired) electrons. The lowest BCUT2D eigenvalue weighted by Crippen LogP contribution is -2.65. The van der Waals surface area contributed by atoms with E-state index < -0.39 is 18.5 Å². The summed E-state index contributed by atoms with van der Waals surface area (Å²) in [5, 5.41) is 22.0. The number of ether oxygens (including phenoxy) is 3. The van der Waals surface area contributed by atoms with E-state index in [-0.39, 0.29) is 27.6 Å². The molecule has 0 aromatic carbocycles. The number of allylic oxidation sites excluding steroid dienone is 1. The fraction of sp³-hybridized carbons (Fsp3) is 0.923. The predicted molar refractivity (Wildman–Crippen MR) is 209 cm³/mol. The number of carbonyl (C=O) groups excluding carboxylic acids is 1. The van der Waals surface area contributed by atoms with Crippen molar-refractivity contribution in [1.29, 1.82) is 0 Å². The van der Waals surface area contributed by atoms with Gasteiger partial charge in [-0.05, 0) is 86.9 Å². The number of alkyl carbamates (subject to hydrolysis) is 1. The van der Waals surface area contributed by atoms with E-state index in [9.17, 15) is 15.0 Å². The lowest BCUT2D eigenvalue weighted by Gasteiger charge is -2.66. The van der Waals surface area contributed by atoms with Crippen LogP contribution in [0.15, 0.2) is 11.6 Å². The second-order valence-corrected chi connectivity index (χ2v) is 20.9. The molecular formula is C39H65I2NO6. The lowest BCUT2D eigenvalue weighted by atomic mass is 9.46. The van der Waals surface area contributed by atoms with Crippen molar-refractivity contribution in [3.63, 3.8) is 0 Å². The molecule has 7 unspecified atom stereocenters. The minimum atomic E-state index is -0.659. The minimum Gasteiger partial charge on any atom is -0.446 e.